The largest absolute Gasteiger partial charge is 0.467 e. The van der Waals surface area contributed by atoms with Crippen LogP contribution in [0.25, 0.3) is 0 Å². The van der Waals surface area contributed by atoms with Crippen LogP contribution in [0.4, 0.5) is 4.39 Å². The SMILES string of the molecule is OC(COCc1ccco1)CN1CCCN(Cc2c(F)cccc2Cl)CC1. The van der Waals surface area contributed by atoms with Crippen molar-refractivity contribution >= 4 is 11.6 Å². The van der Waals surface area contributed by atoms with Gasteiger partial charge in [0.25, 0.3) is 0 Å². The number of ether oxygens (including phenoxy) is 1. The molecule has 1 saturated heterocycles. The minimum absolute atomic E-state index is 0.257. The van der Waals surface area contributed by atoms with Crippen molar-refractivity contribution in [1.29, 1.82) is 0 Å². The number of aliphatic hydroxyl groups is 1. The summed E-state index contributed by atoms with van der Waals surface area (Å²) in [5.41, 5.74) is 0.555. The van der Waals surface area contributed by atoms with E-state index < -0.39 is 6.10 Å². The molecule has 0 amide bonds. The van der Waals surface area contributed by atoms with E-state index in [1.807, 2.05) is 12.1 Å². The number of nitrogens with zero attached hydrogens (tertiary/aromatic N) is 2. The predicted octanol–water partition coefficient (Wildman–Crippen LogP) is 3.16. The van der Waals surface area contributed by atoms with Gasteiger partial charge in [0.05, 0.1) is 19.0 Å². The Balaban J connectivity index is 1.41. The van der Waals surface area contributed by atoms with E-state index in [1.165, 1.54) is 6.07 Å². The Morgan fingerprint density at radius 1 is 1.15 bits per heavy atom. The molecule has 1 aromatic heterocycles. The highest BCUT2D eigenvalue weighted by Gasteiger charge is 2.19. The Morgan fingerprint density at radius 3 is 2.74 bits per heavy atom. The Hall–Kier alpha value is -1.44. The van der Waals surface area contributed by atoms with Crippen molar-refractivity contribution in [2.75, 3.05) is 39.3 Å². The first-order valence-corrected chi connectivity index (χ1v) is 9.65. The minimum atomic E-state index is -0.549. The highest BCUT2D eigenvalue weighted by molar-refractivity contribution is 6.31. The lowest BCUT2D eigenvalue weighted by atomic mass is 10.2. The molecule has 148 valence electrons. The smallest absolute Gasteiger partial charge is 0.129 e. The van der Waals surface area contributed by atoms with E-state index in [0.717, 1.165) is 38.4 Å². The van der Waals surface area contributed by atoms with Crippen LogP contribution in [-0.4, -0.2) is 60.3 Å². The number of hydrogen-bond acceptors (Lipinski definition) is 5. The van der Waals surface area contributed by atoms with Crippen molar-refractivity contribution in [3.8, 4) is 0 Å². The Bertz CT molecular complexity index is 678. The normalized spacial score (nSPS) is 17.7. The summed E-state index contributed by atoms with van der Waals surface area (Å²) in [6, 6.07) is 8.46. The summed E-state index contributed by atoms with van der Waals surface area (Å²) in [6.07, 6.45) is 2.02. The average molecular weight is 397 g/mol. The van der Waals surface area contributed by atoms with E-state index in [0.29, 0.717) is 30.3 Å². The summed E-state index contributed by atoms with van der Waals surface area (Å²) in [5, 5.41) is 10.7. The molecule has 0 saturated carbocycles. The number of halogens is 2. The lowest BCUT2D eigenvalue weighted by Gasteiger charge is -2.24. The van der Waals surface area contributed by atoms with Gasteiger partial charge in [0.1, 0.15) is 18.2 Å². The summed E-state index contributed by atoms with van der Waals surface area (Å²) in [4.78, 5) is 4.44. The van der Waals surface area contributed by atoms with Crippen LogP contribution in [0.1, 0.15) is 17.7 Å². The van der Waals surface area contributed by atoms with Gasteiger partial charge in [0.15, 0.2) is 0 Å². The van der Waals surface area contributed by atoms with Crippen molar-refractivity contribution in [2.24, 2.45) is 0 Å². The molecular weight excluding hydrogens is 371 g/mol. The maximum absolute atomic E-state index is 14.0. The zero-order valence-corrected chi connectivity index (χ0v) is 16.1. The van der Waals surface area contributed by atoms with Gasteiger partial charge in [-0.25, -0.2) is 4.39 Å². The van der Waals surface area contributed by atoms with E-state index >= 15 is 0 Å². The van der Waals surface area contributed by atoms with Crippen LogP contribution in [0.15, 0.2) is 41.0 Å². The van der Waals surface area contributed by atoms with E-state index in [9.17, 15) is 9.50 Å². The first-order chi connectivity index (χ1) is 13.1. The zero-order chi connectivity index (χ0) is 19.1. The van der Waals surface area contributed by atoms with Crippen LogP contribution in [0.5, 0.6) is 0 Å². The number of aliphatic hydroxyl groups excluding tert-OH is 1. The molecule has 0 radical (unpaired) electrons. The van der Waals surface area contributed by atoms with E-state index in [1.54, 1.807) is 18.4 Å². The number of furan rings is 1. The molecule has 2 heterocycles. The van der Waals surface area contributed by atoms with Crippen molar-refractivity contribution in [1.82, 2.24) is 9.80 Å². The zero-order valence-electron chi connectivity index (χ0n) is 15.3. The number of rotatable bonds is 8. The van der Waals surface area contributed by atoms with Crippen LogP contribution in [0.2, 0.25) is 5.02 Å². The molecule has 1 aromatic carbocycles. The fourth-order valence-electron chi connectivity index (χ4n) is 3.31. The third kappa shape index (κ3) is 6.30. The lowest BCUT2D eigenvalue weighted by Crippen LogP contribution is -2.37. The molecule has 27 heavy (non-hydrogen) atoms. The summed E-state index contributed by atoms with van der Waals surface area (Å²) in [6.45, 7) is 5.11. The number of benzene rings is 1. The Kier molecular flexibility index (Phi) is 7.67. The molecule has 3 rings (SSSR count). The third-order valence-electron chi connectivity index (χ3n) is 4.73. The summed E-state index contributed by atoms with van der Waals surface area (Å²) >= 11 is 6.14. The van der Waals surface area contributed by atoms with Crippen LogP contribution < -0.4 is 0 Å². The van der Waals surface area contributed by atoms with Crippen LogP contribution >= 0.6 is 11.6 Å². The van der Waals surface area contributed by atoms with Gasteiger partial charge in [-0.2, -0.15) is 0 Å². The fourth-order valence-corrected chi connectivity index (χ4v) is 3.54. The third-order valence-corrected chi connectivity index (χ3v) is 5.08. The predicted molar refractivity (Wildman–Crippen MR) is 102 cm³/mol. The van der Waals surface area contributed by atoms with Gasteiger partial charge in [-0.15, -0.1) is 0 Å². The monoisotopic (exact) mass is 396 g/mol. The maximum Gasteiger partial charge on any atom is 0.129 e. The second-order valence-corrected chi connectivity index (χ2v) is 7.29. The first kappa shape index (κ1) is 20.3. The molecule has 1 aliphatic rings. The van der Waals surface area contributed by atoms with E-state index in [-0.39, 0.29) is 12.4 Å². The van der Waals surface area contributed by atoms with Crippen molar-refractivity contribution < 1.29 is 18.7 Å². The molecule has 0 spiro atoms. The van der Waals surface area contributed by atoms with Crippen molar-refractivity contribution in [3.05, 3.63) is 58.8 Å². The van der Waals surface area contributed by atoms with Gasteiger partial charge in [-0.05, 0) is 43.8 Å². The molecule has 1 atom stereocenters. The minimum Gasteiger partial charge on any atom is -0.467 e. The molecule has 2 aromatic rings. The van der Waals surface area contributed by atoms with Crippen LogP contribution in [0.3, 0.4) is 0 Å². The Morgan fingerprint density at radius 2 is 1.96 bits per heavy atom. The number of β-amino-alcohol motifs (C(OH)–C–C–N with tert-alkyl or cyclic N) is 1. The average Bonchev–Trinajstić information content (AvgIpc) is 3.06. The van der Waals surface area contributed by atoms with Crippen LogP contribution in [-0.2, 0) is 17.9 Å². The molecule has 0 aliphatic carbocycles. The molecular formula is C20H26ClFN2O3. The molecule has 1 N–H and O–H groups in total. The van der Waals surface area contributed by atoms with Crippen LogP contribution in [0, 0.1) is 5.82 Å². The second kappa shape index (κ2) is 10.2. The topological polar surface area (TPSA) is 49.1 Å². The van der Waals surface area contributed by atoms with Gasteiger partial charge in [-0.3, -0.25) is 9.80 Å². The highest BCUT2D eigenvalue weighted by atomic mass is 35.5. The quantitative estimate of drug-likeness (QED) is 0.742. The van der Waals surface area contributed by atoms with Gasteiger partial charge in [-0.1, -0.05) is 17.7 Å². The van der Waals surface area contributed by atoms with Crippen molar-refractivity contribution in [3.63, 3.8) is 0 Å². The first-order valence-electron chi connectivity index (χ1n) is 9.27. The standard InChI is InChI=1S/C20H26ClFN2O3/c21-19-5-1-6-20(22)18(19)13-24-8-3-7-23(9-10-24)12-16(25)14-26-15-17-4-2-11-27-17/h1-2,4-6,11,16,25H,3,7-10,12-15H2. The summed E-state index contributed by atoms with van der Waals surface area (Å²) < 4.78 is 24.7. The maximum atomic E-state index is 14.0. The van der Waals surface area contributed by atoms with E-state index in [4.69, 9.17) is 20.8 Å². The molecule has 7 heteroatoms. The number of hydrogen-bond donors (Lipinski definition) is 1. The van der Waals surface area contributed by atoms with E-state index in [2.05, 4.69) is 9.80 Å². The fraction of sp³-hybridized carbons (Fsp3) is 0.500. The van der Waals surface area contributed by atoms with Gasteiger partial charge >= 0.3 is 0 Å². The Labute approximate surface area is 164 Å². The molecule has 0 bridgehead atoms. The molecule has 1 aliphatic heterocycles. The molecule has 1 fully saturated rings. The second-order valence-electron chi connectivity index (χ2n) is 6.88. The van der Waals surface area contributed by atoms with Gasteiger partial charge in [0.2, 0.25) is 0 Å². The van der Waals surface area contributed by atoms with Gasteiger partial charge in [0, 0.05) is 36.8 Å². The highest BCUT2D eigenvalue weighted by Crippen LogP contribution is 2.21. The molecule has 1 unspecified atom stereocenters. The molecule has 5 nitrogen and oxygen atoms in total. The summed E-state index contributed by atoms with van der Waals surface area (Å²) in [5.74, 6) is 0.493. The van der Waals surface area contributed by atoms with Crippen molar-refractivity contribution in [2.45, 2.75) is 25.7 Å². The van der Waals surface area contributed by atoms with Gasteiger partial charge < -0.3 is 14.3 Å². The lowest BCUT2D eigenvalue weighted by molar-refractivity contribution is 0.00564. The summed E-state index contributed by atoms with van der Waals surface area (Å²) in [7, 11) is 0.